The lowest BCUT2D eigenvalue weighted by Crippen LogP contribution is -2.33. The number of carboxylic acid groups (broad SMARTS) is 1. The van der Waals surface area contributed by atoms with E-state index in [1.165, 1.54) is 19.2 Å². The van der Waals surface area contributed by atoms with Gasteiger partial charge in [0.1, 0.15) is 24.8 Å². The van der Waals surface area contributed by atoms with Crippen molar-refractivity contribution >= 4 is 28.6 Å². The van der Waals surface area contributed by atoms with Gasteiger partial charge in [-0.3, -0.25) is 9.59 Å². The number of nitrogens with zero attached hydrogens (tertiary/aromatic N) is 3. The van der Waals surface area contributed by atoms with Gasteiger partial charge in [-0.05, 0) is 42.3 Å². The number of benzene rings is 2. The summed E-state index contributed by atoms with van der Waals surface area (Å²) in [5.74, 6) is -0.841. The molecule has 7 nitrogen and oxygen atoms in total. The Morgan fingerprint density at radius 2 is 1.93 bits per heavy atom. The van der Waals surface area contributed by atoms with Crippen molar-refractivity contribution in [1.29, 1.82) is 0 Å². The van der Waals surface area contributed by atoms with Crippen LogP contribution in [-0.2, 0) is 33.8 Å². The lowest BCUT2D eigenvalue weighted by atomic mass is 10.1. The molecule has 0 fully saturated rings. The summed E-state index contributed by atoms with van der Waals surface area (Å²) < 4.78 is 19.9. The number of aliphatic carboxylic acids is 1. The number of carboxylic acids is 1. The number of hydrogen-bond acceptors (Lipinski definition) is 4. The minimum Gasteiger partial charge on any atom is -0.480 e. The SMILES string of the molecule is CCCc1nc2cc(N(Cc3ccc(F)cc3)C(=O)COC)ccc2n1CC(=O)O. The molecule has 0 saturated heterocycles. The van der Waals surface area contributed by atoms with E-state index in [1.807, 2.05) is 6.92 Å². The van der Waals surface area contributed by atoms with Crippen molar-refractivity contribution < 1.29 is 23.8 Å². The van der Waals surface area contributed by atoms with Gasteiger partial charge in [0.25, 0.3) is 5.91 Å². The summed E-state index contributed by atoms with van der Waals surface area (Å²) in [5, 5.41) is 9.25. The lowest BCUT2D eigenvalue weighted by molar-refractivity contribution is -0.137. The van der Waals surface area contributed by atoms with Crippen LogP contribution < -0.4 is 4.90 Å². The molecule has 0 saturated carbocycles. The maximum atomic E-state index is 13.2. The molecule has 0 atom stereocenters. The van der Waals surface area contributed by atoms with Gasteiger partial charge in [0.05, 0.1) is 17.6 Å². The van der Waals surface area contributed by atoms with E-state index in [4.69, 9.17) is 4.74 Å². The second-order valence-corrected chi connectivity index (χ2v) is 6.97. The molecule has 0 spiro atoms. The van der Waals surface area contributed by atoms with E-state index < -0.39 is 5.97 Å². The maximum absolute atomic E-state index is 13.2. The fourth-order valence-electron chi connectivity index (χ4n) is 3.36. The number of carbonyl (C=O) groups excluding carboxylic acids is 1. The molecular formula is C22H24FN3O4. The maximum Gasteiger partial charge on any atom is 0.323 e. The van der Waals surface area contributed by atoms with Crippen LogP contribution in [-0.4, -0.2) is 40.3 Å². The second kappa shape index (κ2) is 9.49. The lowest BCUT2D eigenvalue weighted by Gasteiger charge is -2.23. The molecule has 1 N–H and O–H groups in total. The molecule has 2 aromatic carbocycles. The van der Waals surface area contributed by atoms with E-state index in [9.17, 15) is 19.1 Å². The predicted octanol–water partition coefficient (Wildman–Crippen LogP) is 3.39. The number of imidazole rings is 1. The average Bonchev–Trinajstić information content (AvgIpc) is 3.04. The van der Waals surface area contributed by atoms with Gasteiger partial charge in [0.2, 0.25) is 0 Å². The number of fused-ring (bicyclic) bond motifs is 1. The molecule has 1 amide bonds. The first-order valence-electron chi connectivity index (χ1n) is 9.67. The molecule has 0 unspecified atom stereocenters. The first kappa shape index (κ1) is 21.4. The minimum absolute atomic E-state index is 0.103. The van der Waals surface area contributed by atoms with E-state index in [0.717, 1.165) is 12.0 Å². The summed E-state index contributed by atoms with van der Waals surface area (Å²) in [7, 11) is 1.45. The average molecular weight is 413 g/mol. The van der Waals surface area contributed by atoms with Gasteiger partial charge in [-0.15, -0.1) is 0 Å². The minimum atomic E-state index is -0.941. The van der Waals surface area contributed by atoms with Crippen LogP contribution in [0.15, 0.2) is 42.5 Å². The first-order chi connectivity index (χ1) is 14.4. The number of hydrogen-bond donors (Lipinski definition) is 1. The van der Waals surface area contributed by atoms with E-state index >= 15 is 0 Å². The van der Waals surface area contributed by atoms with Gasteiger partial charge in [0.15, 0.2) is 0 Å². The van der Waals surface area contributed by atoms with Gasteiger partial charge in [0, 0.05) is 19.2 Å². The predicted molar refractivity (Wildman–Crippen MR) is 111 cm³/mol. The Bertz CT molecular complexity index is 1050. The Hall–Kier alpha value is -3.26. The van der Waals surface area contributed by atoms with Crippen LogP contribution in [0.3, 0.4) is 0 Å². The number of rotatable bonds is 9. The van der Waals surface area contributed by atoms with Gasteiger partial charge < -0.3 is 19.3 Å². The topological polar surface area (TPSA) is 84.7 Å². The highest BCUT2D eigenvalue weighted by Crippen LogP contribution is 2.25. The zero-order chi connectivity index (χ0) is 21.7. The number of aromatic nitrogens is 2. The Morgan fingerprint density at radius 3 is 2.57 bits per heavy atom. The summed E-state index contributed by atoms with van der Waals surface area (Å²) in [6, 6.07) is 11.3. The molecule has 0 aliphatic rings. The zero-order valence-electron chi connectivity index (χ0n) is 17.0. The van der Waals surface area contributed by atoms with Crippen molar-refractivity contribution in [2.75, 3.05) is 18.6 Å². The third-order valence-electron chi connectivity index (χ3n) is 4.71. The highest BCUT2D eigenvalue weighted by Gasteiger charge is 2.19. The van der Waals surface area contributed by atoms with E-state index in [1.54, 1.807) is 39.8 Å². The molecule has 0 radical (unpaired) electrons. The molecule has 0 aliphatic heterocycles. The van der Waals surface area contributed by atoms with Gasteiger partial charge in [-0.1, -0.05) is 19.1 Å². The smallest absolute Gasteiger partial charge is 0.323 e. The van der Waals surface area contributed by atoms with Crippen molar-refractivity contribution in [1.82, 2.24) is 9.55 Å². The zero-order valence-corrected chi connectivity index (χ0v) is 17.0. The Balaban J connectivity index is 2.01. The van der Waals surface area contributed by atoms with E-state index in [-0.39, 0.29) is 31.4 Å². The summed E-state index contributed by atoms with van der Waals surface area (Å²) in [6.07, 6.45) is 1.48. The van der Waals surface area contributed by atoms with Crippen molar-refractivity contribution in [2.45, 2.75) is 32.9 Å². The van der Waals surface area contributed by atoms with E-state index in [2.05, 4.69) is 4.98 Å². The fourth-order valence-corrected chi connectivity index (χ4v) is 3.36. The number of aryl methyl sites for hydroxylation is 1. The summed E-state index contributed by atoms with van der Waals surface area (Å²) >= 11 is 0. The van der Waals surface area contributed by atoms with Gasteiger partial charge in [-0.25, -0.2) is 9.37 Å². The van der Waals surface area contributed by atoms with Gasteiger partial charge >= 0.3 is 5.97 Å². The molecule has 0 aliphatic carbocycles. The second-order valence-electron chi connectivity index (χ2n) is 6.97. The number of methoxy groups -OCH3 is 1. The Kier molecular flexibility index (Phi) is 6.79. The third-order valence-corrected chi connectivity index (χ3v) is 4.71. The van der Waals surface area contributed by atoms with Crippen LogP contribution in [0.4, 0.5) is 10.1 Å². The number of halogens is 1. The molecule has 1 heterocycles. The van der Waals surface area contributed by atoms with Crippen LogP contribution >= 0.6 is 0 Å². The first-order valence-corrected chi connectivity index (χ1v) is 9.67. The highest BCUT2D eigenvalue weighted by molar-refractivity contribution is 5.96. The molecule has 3 aromatic rings. The standard InChI is InChI=1S/C22H24FN3O4/c1-3-4-20-24-18-11-17(9-10-19(18)26(20)13-22(28)29)25(21(27)14-30-2)12-15-5-7-16(23)8-6-15/h5-11H,3-4,12-14H2,1-2H3,(H,28,29). The van der Waals surface area contributed by atoms with Crippen molar-refractivity contribution in [2.24, 2.45) is 0 Å². The number of ether oxygens (including phenoxy) is 1. The molecular weight excluding hydrogens is 389 g/mol. The molecule has 3 rings (SSSR count). The number of anilines is 1. The van der Waals surface area contributed by atoms with Crippen LogP contribution in [0.5, 0.6) is 0 Å². The van der Waals surface area contributed by atoms with Crippen LogP contribution in [0, 0.1) is 5.82 Å². The summed E-state index contributed by atoms with van der Waals surface area (Å²) in [4.78, 5) is 30.1. The normalized spacial score (nSPS) is 11.0. The number of carbonyl (C=O) groups is 2. The third kappa shape index (κ3) is 4.83. The fraction of sp³-hybridized carbons (Fsp3) is 0.318. The molecule has 1 aromatic heterocycles. The van der Waals surface area contributed by atoms with Crippen molar-refractivity contribution in [3.8, 4) is 0 Å². The Labute approximate surface area is 173 Å². The van der Waals surface area contributed by atoms with Crippen LogP contribution in [0.1, 0.15) is 24.7 Å². The Morgan fingerprint density at radius 1 is 1.20 bits per heavy atom. The quantitative estimate of drug-likeness (QED) is 0.581. The van der Waals surface area contributed by atoms with Crippen molar-refractivity contribution in [3.63, 3.8) is 0 Å². The van der Waals surface area contributed by atoms with Crippen molar-refractivity contribution in [3.05, 3.63) is 59.7 Å². The highest BCUT2D eigenvalue weighted by atomic mass is 19.1. The molecule has 30 heavy (non-hydrogen) atoms. The number of amides is 1. The monoisotopic (exact) mass is 413 g/mol. The van der Waals surface area contributed by atoms with Crippen LogP contribution in [0.25, 0.3) is 11.0 Å². The van der Waals surface area contributed by atoms with Crippen LogP contribution in [0.2, 0.25) is 0 Å². The summed E-state index contributed by atoms with van der Waals surface area (Å²) in [5.41, 5.74) is 2.69. The van der Waals surface area contributed by atoms with E-state index in [0.29, 0.717) is 29.0 Å². The van der Waals surface area contributed by atoms with Gasteiger partial charge in [-0.2, -0.15) is 0 Å². The molecule has 8 heteroatoms. The summed E-state index contributed by atoms with van der Waals surface area (Å²) in [6.45, 7) is 1.97. The molecule has 158 valence electrons. The molecule has 0 bridgehead atoms. The largest absolute Gasteiger partial charge is 0.480 e.